The van der Waals surface area contributed by atoms with Gasteiger partial charge < -0.3 is 4.40 Å². The maximum Gasteiger partial charge on any atom is 0.408 e. The van der Waals surface area contributed by atoms with Gasteiger partial charge in [0, 0.05) is 23.8 Å². The molecule has 0 saturated heterocycles. The minimum Gasteiger partial charge on any atom is -0.307 e. The number of rotatable bonds is 5. The molecular formula is C19H20F5N3S. The van der Waals surface area contributed by atoms with Gasteiger partial charge in [0.05, 0.1) is 12.9 Å². The molecule has 0 bridgehead atoms. The fraction of sp³-hybridized carbons (Fsp3) is 0.316. The molecule has 0 radical (unpaired) electrons. The summed E-state index contributed by atoms with van der Waals surface area (Å²) in [5.74, 6) is -0.564. The van der Waals surface area contributed by atoms with Crippen LogP contribution in [-0.2, 0) is 0 Å². The average Bonchev–Trinajstić information content (AvgIpc) is 3.02. The van der Waals surface area contributed by atoms with Gasteiger partial charge in [0.1, 0.15) is 17.5 Å². The fourth-order valence-electron chi connectivity index (χ4n) is 2.75. The van der Waals surface area contributed by atoms with Gasteiger partial charge in [-0.1, -0.05) is 19.1 Å². The van der Waals surface area contributed by atoms with Crippen molar-refractivity contribution >= 4 is 17.6 Å². The summed E-state index contributed by atoms with van der Waals surface area (Å²) in [4.78, 5) is 4.99. The van der Waals surface area contributed by atoms with E-state index < -0.39 is 18.0 Å². The summed E-state index contributed by atoms with van der Waals surface area (Å²) in [5, 5.41) is 0. The van der Waals surface area contributed by atoms with E-state index in [0.717, 1.165) is 29.8 Å². The van der Waals surface area contributed by atoms with E-state index in [1.807, 2.05) is 17.5 Å². The molecule has 0 N–H and O–H groups in total. The molecule has 1 unspecified atom stereocenters. The molecule has 3 aromatic rings. The summed E-state index contributed by atoms with van der Waals surface area (Å²) in [6, 6.07) is 6.11. The zero-order valence-electron chi connectivity index (χ0n) is 15.5. The number of pyridine rings is 1. The Labute approximate surface area is 164 Å². The quantitative estimate of drug-likeness (QED) is 0.375. The number of aryl methyl sites for hydroxylation is 1. The van der Waals surface area contributed by atoms with Crippen LogP contribution in [0.3, 0.4) is 0 Å². The molecule has 152 valence electrons. The summed E-state index contributed by atoms with van der Waals surface area (Å²) in [5.41, 5.74) is 1.51. The van der Waals surface area contributed by atoms with Gasteiger partial charge in [-0.25, -0.2) is 13.7 Å². The fourth-order valence-corrected chi connectivity index (χ4v) is 3.77. The Balaban J connectivity index is 0.00000136. The van der Waals surface area contributed by atoms with Crippen molar-refractivity contribution in [1.82, 2.24) is 13.7 Å². The van der Waals surface area contributed by atoms with Crippen LogP contribution in [0.25, 0.3) is 5.65 Å². The molecule has 0 aliphatic carbocycles. The number of hydrogen-bond acceptors (Lipinski definition) is 3. The summed E-state index contributed by atoms with van der Waals surface area (Å²) < 4.78 is 66.9. The lowest BCUT2D eigenvalue weighted by Crippen LogP contribution is -2.34. The predicted molar refractivity (Wildman–Crippen MR) is 100 cm³/mol. The van der Waals surface area contributed by atoms with Gasteiger partial charge in [0.2, 0.25) is 0 Å². The van der Waals surface area contributed by atoms with Crippen molar-refractivity contribution in [2.24, 2.45) is 0 Å². The molecule has 0 saturated carbocycles. The Kier molecular flexibility index (Phi) is 7.42. The van der Waals surface area contributed by atoms with Crippen LogP contribution in [0.1, 0.15) is 24.2 Å². The van der Waals surface area contributed by atoms with Crippen molar-refractivity contribution < 1.29 is 22.0 Å². The summed E-state index contributed by atoms with van der Waals surface area (Å²) in [6.45, 7) is 3.67. The minimum absolute atomic E-state index is 0.00554. The second-order valence-electron chi connectivity index (χ2n) is 5.83. The van der Waals surface area contributed by atoms with Gasteiger partial charge in [-0.15, -0.1) is 0 Å². The molecule has 1 aromatic carbocycles. The highest BCUT2D eigenvalue weighted by Crippen LogP contribution is 2.42. The molecule has 0 aliphatic heterocycles. The normalized spacial score (nSPS) is 12.8. The third-order valence-electron chi connectivity index (χ3n) is 3.87. The Morgan fingerprint density at radius 1 is 1.14 bits per heavy atom. The highest BCUT2D eigenvalue weighted by molar-refractivity contribution is 7.97. The van der Waals surface area contributed by atoms with Gasteiger partial charge in [0.25, 0.3) is 0 Å². The minimum atomic E-state index is -4.49. The first kappa shape index (κ1) is 22.2. The Bertz CT molecular complexity index is 893. The molecule has 0 aliphatic rings. The largest absolute Gasteiger partial charge is 0.408 e. The number of halogens is 5. The molecule has 2 aromatic heterocycles. The Hall–Kier alpha value is -2.13. The molecule has 28 heavy (non-hydrogen) atoms. The molecular weight excluding hydrogens is 397 g/mol. The van der Waals surface area contributed by atoms with Crippen molar-refractivity contribution in [1.29, 1.82) is 0 Å². The molecule has 3 rings (SSSR count). The molecule has 0 spiro atoms. The highest BCUT2D eigenvalue weighted by Gasteiger charge is 2.44. The van der Waals surface area contributed by atoms with Crippen LogP contribution in [0.15, 0.2) is 53.7 Å². The Morgan fingerprint density at radius 3 is 2.36 bits per heavy atom. The van der Waals surface area contributed by atoms with Crippen LogP contribution >= 0.6 is 11.9 Å². The van der Waals surface area contributed by atoms with E-state index in [0.29, 0.717) is 17.7 Å². The zero-order chi connectivity index (χ0) is 20.9. The number of nitrogens with zero attached hydrogens (tertiary/aromatic N) is 3. The van der Waals surface area contributed by atoms with Crippen LogP contribution in [0.4, 0.5) is 22.0 Å². The molecule has 0 amide bonds. The first-order chi connectivity index (χ1) is 13.3. The van der Waals surface area contributed by atoms with E-state index in [4.69, 9.17) is 0 Å². The van der Waals surface area contributed by atoms with Crippen molar-refractivity contribution in [3.63, 3.8) is 0 Å². The summed E-state index contributed by atoms with van der Waals surface area (Å²) >= 11 is 1.01. The summed E-state index contributed by atoms with van der Waals surface area (Å²) in [7, 11) is 0.500. The number of fused-ring (bicyclic) bond motifs is 1. The first-order valence-corrected chi connectivity index (χ1v) is 9.15. The lowest BCUT2D eigenvalue weighted by atomic mass is 10.1. The van der Waals surface area contributed by atoms with Gasteiger partial charge >= 0.3 is 6.18 Å². The van der Waals surface area contributed by atoms with Gasteiger partial charge in [0.15, 0.2) is 0 Å². The van der Waals surface area contributed by atoms with Gasteiger partial charge in [-0.3, -0.25) is 4.39 Å². The highest BCUT2D eigenvalue weighted by atomic mass is 32.2. The number of alkyl halides is 4. The smallest absolute Gasteiger partial charge is 0.307 e. The molecule has 3 nitrogen and oxygen atoms in total. The van der Waals surface area contributed by atoms with E-state index >= 15 is 0 Å². The molecule has 2 heterocycles. The standard InChI is InChI=1S/C18H17F4N3S.CH3F/c1-3-25(17(18(20,21)22)13-4-6-14(19)7-5-13)26-15-8-9-24-11-12(2)23-16(24)10-15;1-2/h4-11,17H,3H2,1-2H3;1H3. The number of hydrogen-bond donors (Lipinski definition) is 0. The lowest BCUT2D eigenvalue weighted by Gasteiger charge is -2.31. The van der Waals surface area contributed by atoms with Crippen LogP contribution in [0.5, 0.6) is 0 Å². The second kappa shape index (κ2) is 9.38. The molecule has 9 heteroatoms. The number of aromatic nitrogens is 2. The molecule has 0 fully saturated rings. The summed E-state index contributed by atoms with van der Waals surface area (Å²) in [6.07, 6.45) is -0.876. The topological polar surface area (TPSA) is 20.5 Å². The van der Waals surface area contributed by atoms with E-state index in [1.165, 1.54) is 16.4 Å². The molecule has 1 atom stereocenters. The van der Waals surface area contributed by atoms with Crippen LogP contribution in [0.2, 0.25) is 0 Å². The Morgan fingerprint density at radius 2 is 1.79 bits per heavy atom. The van der Waals surface area contributed by atoms with E-state index in [-0.39, 0.29) is 12.1 Å². The second-order valence-corrected chi connectivity index (χ2v) is 6.95. The predicted octanol–water partition coefficient (Wildman–Crippen LogP) is 6.00. The zero-order valence-corrected chi connectivity index (χ0v) is 16.4. The van der Waals surface area contributed by atoms with E-state index in [1.54, 1.807) is 25.3 Å². The van der Waals surface area contributed by atoms with Crippen molar-refractivity contribution in [3.8, 4) is 0 Å². The van der Waals surface area contributed by atoms with Crippen molar-refractivity contribution in [2.75, 3.05) is 13.7 Å². The third kappa shape index (κ3) is 5.23. The van der Waals surface area contributed by atoms with Gasteiger partial charge in [-0.05, 0) is 48.7 Å². The maximum absolute atomic E-state index is 13.7. The van der Waals surface area contributed by atoms with E-state index in [2.05, 4.69) is 4.98 Å². The van der Waals surface area contributed by atoms with Crippen LogP contribution in [0, 0.1) is 12.7 Å². The monoisotopic (exact) mass is 417 g/mol. The van der Waals surface area contributed by atoms with Crippen molar-refractivity contribution in [2.45, 2.75) is 31.0 Å². The third-order valence-corrected chi connectivity index (χ3v) is 5.04. The van der Waals surface area contributed by atoms with Crippen LogP contribution < -0.4 is 0 Å². The van der Waals surface area contributed by atoms with Crippen molar-refractivity contribution in [3.05, 3.63) is 65.9 Å². The van der Waals surface area contributed by atoms with E-state index in [9.17, 15) is 22.0 Å². The first-order valence-electron chi connectivity index (χ1n) is 8.38. The number of imidazole rings is 1. The van der Waals surface area contributed by atoms with Gasteiger partial charge in [-0.2, -0.15) is 13.2 Å². The van der Waals surface area contributed by atoms with Crippen LogP contribution in [-0.4, -0.2) is 33.6 Å². The number of benzene rings is 1. The SMILES string of the molecule is CCN(Sc1ccn2cc(C)nc2c1)C(c1ccc(F)cc1)C(F)(F)F.CF. The lowest BCUT2D eigenvalue weighted by molar-refractivity contribution is -0.172. The average molecular weight is 417 g/mol. The maximum atomic E-state index is 13.7.